The molecule has 3 heterocycles. The number of benzene rings is 1. The maximum atomic E-state index is 12.5. The molecule has 7 heteroatoms. The Balaban J connectivity index is 1.86. The highest BCUT2D eigenvalue weighted by Gasteiger charge is 2.47. The number of aliphatic hydroxyl groups excluding tert-OH is 1. The van der Waals surface area contributed by atoms with Crippen molar-refractivity contribution in [3.8, 4) is 5.75 Å². The average Bonchev–Trinajstić information content (AvgIpc) is 2.96. The van der Waals surface area contributed by atoms with Crippen LogP contribution in [0.2, 0.25) is 0 Å². The van der Waals surface area contributed by atoms with E-state index in [-0.39, 0.29) is 5.91 Å². The maximum absolute atomic E-state index is 12.5. The lowest BCUT2D eigenvalue weighted by Crippen LogP contribution is -2.56. The number of likely N-dealkylation sites (tertiary alicyclic amines) is 1. The predicted octanol–water partition coefficient (Wildman–Crippen LogP) is 2.05. The van der Waals surface area contributed by atoms with E-state index in [2.05, 4.69) is 17.2 Å². The molecule has 0 radical (unpaired) electrons. The zero-order chi connectivity index (χ0) is 17.1. The summed E-state index contributed by atoms with van der Waals surface area (Å²) in [7, 11) is 0. The number of amides is 1. The molecule has 7 nitrogen and oxygen atoms in total. The minimum absolute atomic E-state index is 0.0687. The third-order valence-corrected chi connectivity index (χ3v) is 5.10. The molecule has 1 N–H and O–H groups in total. The molecule has 4 rings (SSSR count). The second-order valence-electron chi connectivity index (χ2n) is 7.43. The van der Waals surface area contributed by atoms with Gasteiger partial charge in [0.05, 0.1) is 6.04 Å². The van der Waals surface area contributed by atoms with Crippen LogP contribution in [0.25, 0.3) is 11.0 Å². The van der Waals surface area contributed by atoms with Gasteiger partial charge in [0, 0.05) is 24.6 Å². The van der Waals surface area contributed by atoms with Gasteiger partial charge in [-0.25, -0.2) is 4.63 Å². The van der Waals surface area contributed by atoms with Crippen molar-refractivity contribution in [2.75, 3.05) is 6.54 Å². The van der Waals surface area contributed by atoms with Crippen molar-refractivity contribution in [3.05, 3.63) is 17.7 Å². The van der Waals surface area contributed by atoms with E-state index in [1.165, 1.54) is 0 Å². The minimum atomic E-state index is -0.837. The smallest absolute Gasteiger partial charge is 0.223 e. The van der Waals surface area contributed by atoms with Crippen LogP contribution in [0.3, 0.4) is 0 Å². The van der Waals surface area contributed by atoms with Crippen LogP contribution < -0.4 is 4.74 Å². The first kappa shape index (κ1) is 15.4. The number of hydrogen-bond acceptors (Lipinski definition) is 6. The molecular formula is C17H21N3O4. The van der Waals surface area contributed by atoms with Gasteiger partial charge in [0.1, 0.15) is 28.5 Å². The van der Waals surface area contributed by atoms with Crippen LogP contribution in [0.4, 0.5) is 0 Å². The van der Waals surface area contributed by atoms with Crippen LogP contribution in [0.5, 0.6) is 5.75 Å². The number of carbonyl (C=O) groups excluding carboxylic acids is 1. The van der Waals surface area contributed by atoms with Crippen LogP contribution in [-0.4, -0.2) is 44.5 Å². The Morgan fingerprint density at radius 3 is 2.75 bits per heavy atom. The fourth-order valence-electron chi connectivity index (χ4n) is 3.69. The molecular weight excluding hydrogens is 310 g/mol. The van der Waals surface area contributed by atoms with Crippen molar-refractivity contribution in [1.29, 1.82) is 0 Å². The van der Waals surface area contributed by atoms with Gasteiger partial charge in [0.25, 0.3) is 0 Å². The van der Waals surface area contributed by atoms with E-state index in [0.717, 1.165) is 12.0 Å². The Labute approximate surface area is 139 Å². The Bertz CT molecular complexity index is 800. The number of aliphatic hydroxyl groups is 1. The molecule has 0 spiro atoms. The normalized spacial score (nSPS) is 29.4. The molecule has 3 atom stereocenters. The molecule has 0 saturated carbocycles. The van der Waals surface area contributed by atoms with Gasteiger partial charge in [-0.3, -0.25) is 4.79 Å². The van der Waals surface area contributed by atoms with E-state index in [1.807, 2.05) is 13.8 Å². The first-order chi connectivity index (χ1) is 11.4. The number of hydrogen-bond donors (Lipinski definition) is 1. The predicted molar refractivity (Wildman–Crippen MR) is 85.4 cm³/mol. The molecule has 0 aliphatic carbocycles. The summed E-state index contributed by atoms with van der Waals surface area (Å²) in [6.45, 7) is 6.42. The summed E-state index contributed by atoms with van der Waals surface area (Å²) in [6.07, 6.45) is 0.558. The lowest BCUT2D eigenvalue weighted by atomic mass is 9.83. The number of aromatic nitrogens is 2. The SMILES string of the molecule is CC1CCC(=O)N(C2c3cc4nonc4cc3OC(C)(C)C2O)C1. The van der Waals surface area contributed by atoms with E-state index in [1.54, 1.807) is 17.0 Å². The van der Waals surface area contributed by atoms with E-state index < -0.39 is 17.7 Å². The quantitative estimate of drug-likeness (QED) is 0.860. The van der Waals surface area contributed by atoms with Gasteiger partial charge in [-0.15, -0.1) is 0 Å². The summed E-state index contributed by atoms with van der Waals surface area (Å²) in [4.78, 5) is 14.3. The lowest BCUT2D eigenvalue weighted by Gasteiger charge is -2.48. The number of carbonyl (C=O) groups is 1. The minimum Gasteiger partial charge on any atom is -0.485 e. The van der Waals surface area contributed by atoms with Crippen LogP contribution in [0.15, 0.2) is 16.8 Å². The van der Waals surface area contributed by atoms with Crippen molar-refractivity contribution in [2.45, 2.75) is 51.4 Å². The topological polar surface area (TPSA) is 88.7 Å². The zero-order valence-corrected chi connectivity index (χ0v) is 14.0. The number of piperidine rings is 1. The molecule has 2 aliphatic heterocycles. The molecule has 24 heavy (non-hydrogen) atoms. The molecule has 1 fully saturated rings. The van der Waals surface area contributed by atoms with Gasteiger partial charge in [-0.2, -0.15) is 0 Å². The fraction of sp³-hybridized carbons (Fsp3) is 0.588. The molecule has 0 bridgehead atoms. The Hall–Kier alpha value is -2.15. The van der Waals surface area contributed by atoms with E-state index in [4.69, 9.17) is 9.37 Å². The van der Waals surface area contributed by atoms with E-state index in [9.17, 15) is 9.90 Å². The highest BCUT2D eigenvalue weighted by atomic mass is 16.6. The van der Waals surface area contributed by atoms with Gasteiger partial charge in [0.15, 0.2) is 0 Å². The lowest BCUT2D eigenvalue weighted by molar-refractivity contribution is -0.149. The maximum Gasteiger partial charge on any atom is 0.223 e. The van der Waals surface area contributed by atoms with Crippen LogP contribution in [0.1, 0.15) is 45.2 Å². The zero-order valence-electron chi connectivity index (χ0n) is 14.0. The molecule has 2 aromatic rings. The molecule has 2 aliphatic rings. The molecule has 1 saturated heterocycles. The van der Waals surface area contributed by atoms with Gasteiger partial charge in [0.2, 0.25) is 5.91 Å². The molecule has 128 valence electrons. The van der Waals surface area contributed by atoms with Crippen LogP contribution in [-0.2, 0) is 4.79 Å². The molecule has 1 amide bonds. The Morgan fingerprint density at radius 1 is 1.29 bits per heavy atom. The third kappa shape index (κ3) is 2.26. The molecule has 1 aromatic heterocycles. The van der Waals surface area contributed by atoms with Crippen LogP contribution >= 0.6 is 0 Å². The summed E-state index contributed by atoms with van der Waals surface area (Å²) < 4.78 is 10.8. The average molecular weight is 331 g/mol. The van der Waals surface area contributed by atoms with Gasteiger partial charge < -0.3 is 14.7 Å². The summed E-state index contributed by atoms with van der Waals surface area (Å²) >= 11 is 0. The number of rotatable bonds is 1. The summed E-state index contributed by atoms with van der Waals surface area (Å²) in [6, 6.07) is 3.11. The van der Waals surface area contributed by atoms with Gasteiger partial charge in [-0.1, -0.05) is 6.92 Å². The summed E-state index contributed by atoms with van der Waals surface area (Å²) in [5, 5.41) is 18.7. The second-order valence-corrected chi connectivity index (χ2v) is 7.43. The van der Waals surface area contributed by atoms with Gasteiger partial charge >= 0.3 is 0 Å². The largest absolute Gasteiger partial charge is 0.485 e. The standard InChI is InChI=1S/C17H21N3O4/c1-9-4-5-14(21)20(8-9)15-10-6-11-12(19-24-18-11)7-13(10)23-17(2,3)16(15)22/h6-7,9,15-16,22H,4-5,8H2,1-3H3. The monoisotopic (exact) mass is 331 g/mol. The number of fused-ring (bicyclic) bond motifs is 2. The fourth-order valence-corrected chi connectivity index (χ4v) is 3.69. The number of ether oxygens (including phenoxy) is 1. The Morgan fingerprint density at radius 2 is 2.00 bits per heavy atom. The van der Waals surface area contributed by atoms with E-state index >= 15 is 0 Å². The van der Waals surface area contributed by atoms with Crippen molar-refractivity contribution >= 4 is 16.9 Å². The van der Waals surface area contributed by atoms with Crippen molar-refractivity contribution < 1.29 is 19.3 Å². The first-order valence-corrected chi connectivity index (χ1v) is 8.29. The Kier molecular flexibility index (Phi) is 3.32. The van der Waals surface area contributed by atoms with E-state index in [0.29, 0.717) is 35.7 Å². The molecule has 1 aromatic carbocycles. The van der Waals surface area contributed by atoms with Crippen LogP contribution in [0, 0.1) is 5.92 Å². The van der Waals surface area contributed by atoms with Gasteiger partial charge in [-0.05, 0) is 42.6 Å². The summed E-state index contributed by atoms with van der Waals surface area (Å²) in [5.74, 6) is 1.09. The number of nitrogens with zero attached hydrogens (tertiary/aromatic N) is 3. The third-order valence-electron chi connectivity index (χ3n) is 5.10. The van der Waals surface area contributed by atoms with Crippen molar-refractivity contribution in [3.63, 3.8) is 0 Å². The summed E-state index contributed by atoms with van der Waals surface area (Å²) in [5.41, 5.74) is 1.13. The second kappa shape index (κ2) is 5.17. The highest BCUT2D eigenvalue weighted by molar-refractivity contribution is 5.80. The van der Waals surface area contributed by atoms with Crippen molar-refractivity contribution in [2.24, 2.45) is 5.92 Å². The van der Waals surface area contributed by atoms with Crippen molar-refractivity contribution in [1.82, 2.24) is 15.2 Å². The first-order valence-electron chi connectivity index (χ1n) is 8.29. The molecule has 3 unspecified atom stereocenters. The highest BCUT2D eigenvalue weighted by Crippen LogP contribution is 2.45.